The van der Waals surface area contributed by atoms with Gasteiger partial charge in [0.05, 0.1) is 12.9 Å². The molecule has 2 fully saturated rings. The summed E-state index contributed by atoms with van der Waals surface area (Å²) in [5.74, 6) is 0. The van der Waals surface area contributed by atoms with E-state index in [0.29, 0.717) is 0 Å². The number of aromatic nitrogens is 2. The zero-order valence-electron chi connectivity index (χ0n) is 12.4. The lowest BCUT2D eigenvalue weighted by atomic mass is 10.0. The first-order valence-electron chi connectivity index (χ1n) is 6.77. The number of H-pyrrole nitrogens is 1. The molecular formula is C12H16N2O8S. The summed E-state index contributed by atoms with van der Waals surface area (Å²) < 4.78 is 39.3. The van der Waals surface area contributed by atoms with E-state index in [1.54, 1.807) is 0 Å². The summed E-state index contributed by atoms with van der Waals surface area (Å²) in [5, 5.41) is 10.3. The molecule has 0 amide bonds. The minimum absolute atomic E-state index is 0.0675. The van der Waals surface area contributed by atoms with Crippen molar-refractivity contribution in [3.63, 3.8) is 0 Å². The van der Waals surface area contributed by atoms with Crippen LogP contribution in [0, 0.1) is 6.92 Å². The van der Waals surface area contributed by atoms with Gasteiger partial charge in [-0.1, -0.05) is 0 Å². The van der Waals surface area contributed by atoms with Crippen LogP contribution in [0.15, 0.2) is 15.8 Å². The Balaban J connectivity index is 1.92. The second-order valence-corrected chi connectivity index (χ2v) is 7.38. The predicted molar refractivity (Wildman–Crippen MR) is 75.5 cm³/mol. The van der Waals surface area contributed by atoms with E-state index in [0.717, 1.165) is 10.8 Å². The van der Waals surface area contributed by atoms with Crippen LogP contribution in [0.4, 0.5) is 0 Å². The van der Waals surface area contributed by atoms with Gasteiger partial charge in [0.15, 0.2) is 6.23 Å². The highest BCUT2D eigenvalue weighted by atomic mass is 32.2. The van der Waals surface area contributed by atoms with Crippen LogP contribution < -0.4 is 11.2 Å². The van der Waals surface area contributed by atoms with Crippen molar-refractivity contribution in [3.8, 4) is 0 Å². The molecule has 3 rings (SSSR count). The second-order valence-electron chi connectivity index (χ2n) is 5.74. The third-order valence-electron chi connectivity index (χ3n) is 3.94. The van der Waals surface area contributed by atoms with E-state index in [9.17, 15) is 23.1 Å². The first-order valence-corrected chi connectivity index (χ1v) is 8.59. The van der Waals surface area contributed by atoms with Crippen LogP contribution in [0.5, 0.6) is 0 Å². The Kier molecular flexibility index (Phi) is 3.72. The standard InChI is InChI=1S/C12H16N2O8S/c1-6-3-14(11(17)13-9(6)16)10-7-8(15)12(22-10,4-20-7)5-21-23(2,18)19/h3,7-8,10,15H,4-5H2,1-2H3,(H,13,16,17). The van der Waals surface area contributed by atoms with Crippen molar-refractivity contribution in [2.45, 2.75) is 31.0 Å². The number of aromatic amines is 1. The van der Waals surface area contributed by atoms with E-state index in [1.165, 1.54) is 13.1 Å². The minimum atomic E-state index is -3.73. The molecule has 1 aromatic rings. The Morgan fingerprint density at radius 3 is 2.87 bits per heavy atom. The van der Waals surface area contributed by atoms with Gasteiger partial charge >= 0.3 is 5.69 Å². The van der Waals surface area contributed by atoms with Gasteiger partial charge in [-0.15, -0.1) is 0 Å². The molecule has 0 aromatic carbocycles. The van der Waals surface area contributed by atoms with Crippen molar-refractivity contribution in [3.05, 3.63) is 32.6 Å². The number of nitrogens with one attached hydrogen (secondary N) is 1. The molecule has 11 heteroatoms. The number of aliphatic hydroxyl groups excluding tert-OH is 1. The van der Waals surface area contributed by atoms with Crippen LogP contribution in [-0.2, 0) is 23.8 Å². The quantitative estimate of drug-likeness (QED) is 0.588. The zero-order chi connectivity index (χ0) is 17.0. The van der Waals surface area contributed by atoms with Crippen molar-refractivity contribution < 1.29 is 27.2 Å². The highest BCUT2D eigenvalue weighted by molar-refractivity contribution is 7.85. The minimum Gasteiger partial charge on any atom is -0.387 e. The first kappa shape index (κ1) is 16.3. The van der Waals surface area contributed by atoms with Crippen molar-refractivity contribution in [1.82, 2.24) is 9.55 Å². The molecule has 2 saturated heterocycles. The molecule has 4 atom stereocenters. The SMILES string of the molecule is Cc1cn(C2OC3(COS(C)(=O)=O)COC2C3O)c(=O)[nH]c1=O. The van der Waals surface area contributed by atoms with Gasteiger partial charge in [-0.25, -0.2) is 4.79 Å². The Hall–Kier alpha value is -1.53. The Morgan fingerprint density at radius 1 is 1.52 bits per heavy atom. The molecule has 23 heavy (non-hydrogen) atoms. The summed E-state index contributed by atoms with van der Waals surface area (Å²) in [5.41, 5.74) is -2.34. The first-order chi connectivity index (χ1) is 10.6. The third-order valence-corrected chi connectivity index (χ3v) is 4.49. The molecule has 2 aliphatic heterocycles. The van der Waals surface area contributed by atoms with Crippen molar-refractivity contribution in [1.29, 1.82) is 0 Å². The Labute approximate surface area is 130 Å². The average molecular weight is 348 g/mol. The van der Waals surface area contributed by atoms with E-state index in [-0.39, 0.29) is 12.2 Å². The molecule has 2 bridgehead atoms. The molecule has 0 radical (unpaired) electrons. The van der Waals surface area contributed by atoms with Gasteiger partial charge in [0.2, 0.25) is 0 Å². The van der Waals surface area contributed by atoms with Gasteiger partial charge in [0.25, 0.3) is 15.7 Å². The maximum absolute atomic E-state index is 11.9. The maximum atomic E-state index is 11.9. The lowest BCUT2D eigenvalue weighted by molar-refractivity contribution is -0.184. The molecular weight excluding hydrogens is 332 g/mol. The number of aryl methyl sites for hydroxylation is 1. The number of nitrogens with zero attached hydrogens (tertiary/aromatic N) is 1. The zero-order valence-corrected chi connectivity index (χ0v) is 13.2. The number of fused-ring (bicyclic) bond motifs is 2. The lowest BCUT2D eigenvalue weighted by Crippen LogP contribution is -2.46. The fourth-order valence-electron chi connectivity index (χ4n) is 2.72. The van der Waals surface area contributed by atoms with E-state index < -0.39 is 52.0 Å². The molecule has 4 unspecified atom stereocenters. The van der Waals surface area contributed by atoms with Gasteiger partial charge in [-0.3, -0.25) is 18.5 Å². The fourth-order valence-corrected chi connectivity index (χ4v) is 3.13. The Bertz CT molecular complexity index is 843. The molecule has 2 N–H and O–H groups in total. The number of hydrogen-bond donors (Lipinski definition) is 2. The topological polar surface area (TPSA) is 137 Å². The fraction of sp³-hybridized carbons (Fsp3) is 0.667. The van der Waals surface area contributed by atoms with Gasteiger partial charge in [-0.2, -0.15) is 8.42 Å². The number of aliphatic hydroxyl groups is 1. The number of hydrogen-bond acceptors (Lipinski definition) is 8. The normalized spacial score (nSPS) is 33.3. The molecule has 10 nitrogen and oxygen atoms in total. The smallest absolute Gasteiger partial charge is 0.330 e. The summed E-state index contributed by atoms with van der Waals surface area (Å²) in [6, 6.07) is 0. The monoisotopic (exact) mass is 348 g/mol. The van der Waals surface area contributed by atoms with Gasteiger partial charge in [0, 0.05) is 11.8 Å². The Morgan fingerprint density at radius 2 is 2.22 bits per heavy atom. The van der Waals surface area contributed by atoms with E-state index in [4.69, 9.17) is 13.7 Å². The molecule has 1 aromatic heterocycles. The summed E-state index contributed by atoms with van der Waals surface area (Å²) in [6.45, 7) is 1.01. The number of ether oxygens (including phenoxy) is 2. The van der Waals surface area contributed by atoms with Crippen molar-refractivity contribution in [2.24, 2.45) is 0 Å². The molecule has 2 aliphatic rings. The van der Waals surface area contributed by atoms with E-state index in [1.807, 2.05) is 0 Å². The highest BCUT2D eigenvalue weighted by Crippen LogP contribution is 2.44. The summed E-state index contributed by atoms with van der Waals surface area (Å²) in [4.78, 5) is 25.5. The molecule has 128 valence electrons. The van der Waals surface area contributed by atoms with Crippen LogP contribution in [0.3, 0.4) is 0 Å². The molecule has 3 heterocycles. The third kappa shape index (κ3) is 2.74. The van der Waals surface area contributed by atoms with Gasteiger partial charge < -0.3 is 14.6 Å². The maximum Gasteiger partial charge on any atom is 0.330 e. The second kappa shape index (κ2) is 5.24. The van der Waals surface area contributed by atoms with Gasteiger partial charge in [0.1, 0.15) is 24.4 Å². The van der Waals surface area contributed by atoms with E-state index in [2.05, 4.69) is 4.98 Å². The van der Waals surface area contributed by atoms with Crippen molar-refractivity contribution in [2.75, 3.05) is 19.5 Å². The molecule has 0 spiro atoms. The van der Waals surface area contributed by atoms with Gasteiger partial charge in [-0.05, 0) is 6.92 Å². The summed E-state index contributed by atoms with van der Waals surface area (Å²) >= 11 is 0. The van der Waals surface area contributed by atoms with E-state index >= 15 is 0 Å². The molecule has 0 aliphatic carbocycles. The summed E-state index contributed by atoms with van der Waals surface area (Å²) in [6.07, 6.45) is -0.862. The van der Waals surface area contributed by atoms with Crippen molar-refractivity contribution >= 4 is 10.1 Å². The molecule has 0 saturated carbocycles. The van der Waals surface area contributed by atoms with Crippen LogP contribution in [0.1, 0.15) is 11.8 Å². The summed E-state index contributed by atoms with van der Waals surface area (Å²) in [7, 11) is -3.73. The lowest BCUT2D eigenvalue weighted by Gasteiger charge is -2.30. The largest absolute Gasteiger partial charge is 0.387 e. The van der Waals surface area contributed by atoms with Crippen LogP contribution in [-0.4, -0.2) is 60.4 Å². The van der Waals surface area contributed by atoms with Crippen LogP contribution >= 0.6 is 0 Å². The van der Waals surface area contributed by atoms with Crippen LogP contribution in [0.25, 0.3) is 0 Å². The van der Waals surface area contributed by atoms with Crippen LogP contribution in [0.2, 0.25) is 0 Å². The predicted octanol–water partition coefficient (Wildman–Crippen LogP) is -2.15. The highest BCUT2D eigenvalue weighted by Gasteiger charge is 2.62. The average Bonchev–Trinajstić information content (AvgIpc) is 2.91. The number of rotatable bonds is 4.